The van der Waals surface area contributed by atoms with Gasteiger partial charge in [-0.2, -0.15) is 0 Å². The molecule has 0 radical (unpaired) electrons. The zero-order chi connectivity index (χ0) is 23.4. The molecule has 2 amide bonds. The van der Waals surface area contributed by atoms with Crippen LogP contribution in [0, 0.1) is 0 Å². The van der Waals surface area contributed by atoms with Crippen LogP contribution in [0.15, 0.2) is 78.1 Å². The minimum Gasteiger partial charge on any atom is -0.326 e. The smallest absolute Gasteiger partial charge is 0.264 e. The molecule has 2 N–H and O–H groups in total. The monoisotopic (exact) mass is 463 g/mol. The van der Waals surface area contributed by atoms with Gasteiger partial charge in [-0.3, -0.25) is 9.59 Å². The van der Waals surface area contributed by atoms with Crippen LogP contribution in [0.4, 0.5) is 11.6 Å². The molecule has 2 heterocycles. The van der Waals surface area contributed by atoms with Gasteiger partial charge in [-0.15, -0.1) is 0 Å². The largest absolute Gasteiger partial charge is 0.326 e. The van der Waals surface area contributed by atoms with E-state index in [1.807, 2.05) is 30.3 Å². The Kier molecular flexibility index (Phi) is 6.18. The molecule has 0 fully saturated rings. The van der Waals surface area contributed by atoms with Crippen LogP contribution in [-0.2, 0) is 19.6 Å². The number of aromatic nitrogens is 2. The zero-order valence-corrected chi connectivity index (χ0v) is 18.5. The fraction of sp³-hybridized carbons (Fsp3) is 0.130. The first-order valence-electron chi connectivity index (χ1n) is 10.1. The first-order valence-corrected chi connectivity index (χ1v) is 11.6. The summed E-state index contributed by atoms with van der Waals surface area (Å²) in [6, 6.07) is 14.5. The van der Waals surface area contributed by atoms with E-state index in [1.165, 1.54) is 48.5 Å². The molecule has 33 heavy (non-hydrogen) atoms. The topological polar surface area (TPSA) is 121 Å². The number of sulfonamides is 1. The Bertz CT molecular complexity index is 1310. The summed E-state index contributed by atoms with van der Waals surface area (Å²) in [4.78, 5) is 34.1. The molecule has 1 atom stereocenters. The third kappa shape index (κ3) is 5.07. The minimum atomic E-state index is -3.87. The van der Waals surface area contributed by atoms with Crippen LogP contribution in [0.5, 0.6) is 0 Å². The number of carbonyl (C=O) groups excluding carboxylic acids is 2. The predicted molar refractivity (Wildman–Crippen MR) is 123 cm³/mol. The van der Waals surface area contributed by atoms with Crippen LogP contribution in [0.1, 0.15) is 30.5 Å². The van der Waals surface area contributed by atoms with Crippen molar-refractivity contribution < 1.29 is 18.0 Å². The quantitative estimate of drug-likeness (QED) is 0.579. The molecule has 2 aromatic carbocycles. The number of anilines is 2. The summed E-state index contributed by atoms with van der Waals surface area (Å²) in [5.74, 6) is -0.502. The summed E-state index contributed by atoms with van der Waals surface area (Å²) in [6.07, 6.45) is 6.44. The van der Waals surface area contributed by atoms with Crippen molar-refractivity contribution in [3.8, 4) is 0 Å². The van der Waals surface area contributed by atoms with Crippen LogP contribution in [-0.4, -0.2) is 35.1 Å². The lowest BCUT2D eigenvalue weighted by atomic mass is 9.93. The van der Waals surface area contributed by atoms with Crippen molar-refractivity contribution in [1.29, 1.82) is 0 Å². The molecule has 0 spiro atoms. The number of benzene rings is 2. The number of nitrogens with one attached hydrogen (secondary N) is 2. The molecule has 1 aliphatic rings. The third-order valence-electron chi connectivity index (χ3n) is 5.09. The molecular weight excluding hydrogens is 442 g/mol. The van der Waals surface area contributed by atoms with Gasteiger partial charge in [0.1, 0.15) is 0 Å². The molecule has 4 rings (SSSR count). The van der Waals surface area contributed by atoms with Gasteiger partial charge in [-0.05, 0) is 47.5 Å². The Balaban J connectivity index is 1.45. The molecular formula is C23H21N5O4S. The maximum Gasteiger partial charge on any atom is 0.264 e. The van der Waals surface area contributed by atoms with Gasteiger partial charge in [0.2, 0.25) is 17.8 Å². The summed E-state index contributed by atoms with van der Waals surface area (Å²) in [5.41, 5.74) is 2.28. The van der Waals surface area contributed by atoms with Gasteiger partial charge < -0.3 is 10.2 Å². The fourth-order valence-corrected chi connectivity index (χ4v) is 4.51. The third-order valence-corrected chi connectivity index (χ3v) is 6.43. The Morgan fingerprint density at radius 3 is 2.39 bits per heavy atom. The standard InChI is InChI=1S/C23H21N5O4S/c1-16(29)28-14-11-17-5-2-3-6-20(17)21(28)15-22(30)26-18-7-9-19(10-8-18)33(31,32)27-23-24-12-4-13-25-23/h2-14,21H,15H2,1H3,(H,26,30)(H,24,25,27). The van der Waals surface area contributed by atoms with Gasteiger partial charge in [0.25, 0.3) is 10.0 Å². The highest BCUT2D eigenvalue weighted by Gasteiger charge is 2.28. The SMILES string of the molecule is CC(=O)N1C=Cc2ccccc2C1CC(=O)Nc1ccc(S(=O)(=O)Nc2ncccn2)cc1. The Morgan fingerprint density at radius 1 is 1.00 bits per heavy atom. The van der Waals surface area contributed by atoms with E-state index >= 15 is 0 Å². The second kappa shape index (κ2) is 9.21. The second-order valence-electron chi connectivity index (χ2n) is 7.34. The lowest BCUT2D eigenvalue weighted by Gasteiger charge is -2.32. The highest BCUT2D eigenvalue weighted by molar-refractivity contribution is 7.92. The lowest BCUT2D eigenvalue weighted by molar-refractivity contribution is -0.129. The minimum absolute atomic E-state index is 0.00190. The molecule has 1 aromatic heterocycles. The molecule has 1 aliphatic heterocycles. The fourth-order valence-electron chi connectivity index (χ4n) is 3.55. The predicted octanol–water partition coefficient (Wildman–Crippen LogP) is 3.18. The summed E-state index contributed by atoms with van der Waals surface area (Å²) in [5, 5.41) is 2.77. The van der Waals surface area contributed by atoms with Crippen molar-refractivity contribution in [2.24, 2.45) is 0 Å². The van der Waals surface area contributed by atoms with Gasteiger partial charge in [0.05, 0.1) is 17.4 Å². The van der Waals surface area contributed by atoms with Crippen molar-refractivity contribution in [1.82, 2.24) is 14.9 Å². The van der Waals surface area contributed by atoms with E-state index in [2.05, 4.69) is 20.0 Å². The first kappa shape index (κ1) is 22.2. The molecule has 168 valence electrons. The molecule has 9 nitrogen and oxygen atoms in total. The van der Waals surface area contributed by atoms with Gasteiger partial charge in [-0.1, -0.05) is 24.3 Å². The van der Waals surface area contributed by atoms with Gasteiger partial charge in [0, 0.05) is 31.2 Å². The first-order chi connectivity index (χ1) is 15.8. The number of carbonyl (C=O) groups is 2. The number of hydrogen-bond acceptors (Lipinski definition) is 6. The van der Waals surface area contributed by atoms with Crippen molar-refractivity contribution in [3.05, 3.63) is 84.3 Å². The summed E-state index contributed by atoms with van der Waals surface area (Å²) in [6.45, 7) is 1.46. The summed E-state index contributed by atoms with van der Waals surface area (Å²) < 4.78 is 27.3. The molecule has 0 aliphatic carbocycles. The molecule has 0 saturated heterocycles. The maximum absolute atomic E-state index is 12.8. The van der Waals surface area contributed by atoms with Crippen LogP contribution in [0.2, 0.25) is 0 Å². The van der Waals surface area contributed by atoms with Crippen LogP contribution >= 0.6 is 0 Å². The Morgan fingerprint density at radius 2 is 1.70 bits per heavy atom. The zero-order valence-electron chi connectivity index (χ0n) is 17.7. The number of nitrogens with zero attached hydrogens (tertiary/aromatic N) is 3. The van der Waals surface area contributed by atoms with Crippen molar-refractivity contribution >= 4 is 39.5 Å². The molecule has 0 bridgehead atoms. The van der Waals surface area contributed by atoms with Crippen molar-refractivity contribution in [3.63, 3.8) is 0 Å². The Hall–Kier alpha value is -4.05. The van der Waals surface area contributed by atoms with E-state index in [0.717, 1.165) is 11.1 Å². The van der Waals surface area contributed by atoms with E-state index in [0.29, 0.717) is 5.69 Å². The second-order valence-corrected chi connectivity index (χ2v) is 9.02. The number of amides is 2. The van der Waals surface area contributed by atoms with Crippen molar-refractivity contribution in [2.75, 3.05) is 10.0 Å². The lowest BCUT2D eigenvalue weighted by Crippen LogP contribution is -2.33. The van der Waals surface area contributed by atoms with Crippen LogP contribution < -0.4 is 10.0 Å². The van der Waals surface area contributed by atoms with Crippen molar-refractivity contribution in [2.45, 2.75) is 24.3 Å². The van der Waals surface area contributed by atoms with E-state index in [-0.39, 0.29) is 29.1 Å². The highest BCUT2D eigenvalue weighted by atomic mass is 32.2. The number of hydrogen-bond donors (Lipinski definition) is 2. The van der Waals surface area contributed by atoms with Gasteiger partial charge in [-0.25, -0.2) is 23.1 Å². The summed E-state index contributed by atoms with van der Waals surface area (Å²) >= 11 is 0. The van der Waals surface area contributed by atoms with E-state index in [9.17, 15) is 18.0 Å². The van der Waals surface area contributed by atoms with Gasteiger partial charge >= 0.3 is 0 Å². The molecule has 10 heteroatoms. The van der Waals surface area contributed by atoms with Crippen LogP contribution in [0.3, 0.4) is 0 Å². The molecule has 0 saturated carbocycles. The molecule has 3 aromatic rings. The van der Waals surface area contributed by atoms with E-state index in [4.69, 9.17) is 0 Å². The highest BCUT2D eigenvalue weighted by Crippen LogP contribution is 2.33. The van der Waals surface area contributed by atoms with Gasteiger partial charge in [0.15, 0.2) is 0 Å². The van der Waals surface area contributed by atoms with E-state index < -0.39 is 16.1 Å². The Labute approximate surface area is 191 Å². The average molecular weight is 464 g/mol. The summed E-state index contributed by atoms with van der Waals surface area (Å²) in [7, 11) is -3.87. The number of rotatable bonds is 6. The van der Waals surface area contributed by atoms with Crippen LogP contribution in [0.25, 0.3) is 6.08 Å². The van der Waals surface area contributed by atoms with E-state index in [1.54, 1.807) is 12.3 Å². The molecule has 1 unspecified atom stereocenters. The maximum atomic E-state index is 12.8. The average Bonchev–Trinajstić information content (AvgIpc) is 2.80. The normalized spacial score (nSPS) is 14.9. The number of fused-ring (bicyclic) bond motifs is 1.